The number of aliphatic hydroxyl groups excluding tert-OH is 1. The van der Waals surface area contributed by atoms with E-state index >= 15 is 0 Å². The Morgan fingerprint density at radius 3 is 2.26 bits per heavy atom. The van der Waals surface area contributed by atoms with Crippen LogP contribution in [0.2, 0.25) is 0 Å². The van der Waals surface area contributed by atoms with Crippen LogP contribution in [-0.4, -0.2) is 114 Å². The molecular formula is C41H63N8O9+. The highest BCUT2D eigenvalue weighted by Crippen LogP contribution is 2.18. The van der Waals surface area contributed by atoms with Crippen molar-refractivity contribution in [3.05, 3.63) is 71.5 Å². The molecule has 58 heavy (non-hydrogen) atoms. The summed E-state index contributed by atoms with van der Waals surface area (Å²) in [5.74, 6) is -7.44. The minimum Gasteiger partial charge on any atom is -0.480 e. The number of carbonyl (C=O) groups excluding carboxylic acids is 5. The minimum atomic E-state index is -1.75. The van der Waals surface area contributed by atoms with Gasteiger partial charge in [0.15, 0.2) is 0 Å². The fourth-order valence-corrected chi connectivity index (χ4v) is 6.43. The van der Waals surface area contributed by atoms with Gasteiger partial charge in [-0.05, 0) is 45.1 Å². The van der Waals surface area contributed by atoms with Crippen molar-refractivity contribution in [2.45, 2.75) is 97.0 Å². The predicted octanol–water partition coefficient (Wildman–Crippen LogP) is -1.04. The predicted molar refractivity (Wildman–Crippen MR) is 218 cm³/mol. The number of rotatable bonds is 13. The summed E-state index contributed by atoms with van der Waals surface area (Å²) in [7, 11) is 2.99. The lowest BCUT2D eigenvalue weighted by Crippen LogP contribution is -2.78. The minimum absolute atomic E-state index is 0.00104. The summed E-state index contributed by atoms with van der Waals surface area (Å²) < 4.78 is 5.81. The van der Waals surface area contributed by atoms with E-state index in [1.165, 1.54) is 27.0 Å². The van der Waals surface area contributed by atoms with E-state index in [4.69, 9.17) is 16.2 Å². The Labute approximate surface area is 340 Å². The topological polar surface area (TPSA) is 269 Å². The number of carbonyl (C=O) groups is 6. The fraction of sp³-hybridized carbons (Fsp3) is 0.537. The maximum absolute atomic E-state index is 14.1. The van der Waals surface area contributed by atoms with Gasteiger partial charge in [0.05, 0.1) is 43.2 Å². The lowest BCUT2D eigenvalue weighted by molar-refractivity contribution is -0.459. The van der Waals surface area contributed by atoms with Crippen LogP contribution in [0.5, 0.6) is 0 Å². The van der Waals surface area contributed by atoms with Gasteiger partial charge in [0.1, 0.15) is 17.8 Å². The zero-order valence-electron chi connectivity index (χ0n) is 34.6. The molecule has 0 bridgehead atoms. The third-order valence-corrected chi connectivity index (χ3v) is 10.1. The van der Waals surface area contributed by atoms with Crippen molar-refractivity contribution in [1.29, 1.82) is 0 Å². The molecule has 8 atom stereocenters. The number of guanidine groups is 1. The molecule has 11 N–H and O–H groups in total. The van der Waals surface area contributed by atoms with Crippen LogP contribution in [0.15, 0.2) is 65.9 Å². The Kier molecular flexibility index (Phi) is 20.3. The molecule has 0 spiro atoms. The zero-order valence-corrected chi connectivity index (χ0v) is 34.6. The van der Waals surface area contributed by atoms with Crippen LogP contribution in [0.4, 0.5) is 0 Å². The molecule has 0 saturated carbocycles. The lowest BCUT2D eigenvalue weighted by Gasteiger charge is -2.28. The first-order valence-electron chi connectivity index (χ1n) is 19.5. The number of likely N-dealkylation sites (N-methyl/N-ethyl adjacent to an activating group) is 1. The van der Waals surface area contributed by atoms with Crippen LogP contribution in [0.1, 0.15) is 65.9 Å². The van der Waals surface area contributed by atoms with E-state index in [0.717, 1.165) is 16.0 Å². The number of allylic oxidation sites excluding steroid dienone is 3. The van der Waals surface area contributed by atoms with Crippen molar-refractivity contribution in [1.82, 2.24) is 26.2 Å². The number of ether oxygens (including phenoxy) is 1. The Morgan fingerprint density at radius 2 is 1.67 bits per heavy atom. The number of benzene rings is 1. The van der Waals surface area contributed by atoms with E-state index in [1.54, 1.807) is 26.2 Å². The second-order valence-electron chi connectivity index (χ2n) is 14.6. The number of carboxylic acid groups (broad SMARTS) is 1. The highest BCUT2D eigenvalue weighted by atomic mass is 16.5. The van der Waals surface area contributed by atoms with Gasteiger partial charge in [-0.2, -0.15) is 0 Å². The fourth-order valence-electron chi connectivity index (χ4n) is 6.43. The zero-order chi connectivity index (χ0) is 43.5. The van der Waals surface area contributed by atoms with Gasteiger partial charge in [-0.1, -0.05) is 81.0 Å². The van der Waals surface area contributed by atoms with E-state index in [-0.39, 0.29) is 55.9 Å². The summed E-state index contributed by atoms with van der Waals surface area (Å²) in [6.07, 6.45) is 7.46. The Balaban J connectivity index is 2.59. The SMILES string of the molecule is C/C=C1/C(=O)N[C@@H](C(=O)O)[C@H](C)C(=O)N[C@@H](CCC[NH+]=C(N)N)C(=O)N[C@@H](/C=C/C(C)=C/[C@@H](C)[C@@H](Cc2ccccc2)OC)[C@H](C)C(=O)N[C@@H](CO)CCC(=O)N1C. The van der Waals surface area contributed by atoms with Gasteiger partial charge in [0.2, 0.25) is 23.6 Å². The third-order valence-electron chi connectivity index (χ3n) is 10.1. The molecule has 2 rings (SSSR count). The van der Waals surface area contributed by atoms with Gasteiger partial charge >= 0.3 is 11.9 Å². The summed E-state index contributed by atoms with van der Waals surface area (Å²) in [5.41, 5.74) is 12.8. The smallest absolute Gasteiger partial charge is 0.338 e. The van der Waals surface area contributed by atoms with Crippen LogP contribution in [0.25, 0.3) is 0 Å². The number of hydrogen-bond donors (Lipinski definition) is 9. The van der Waals surface area contributed by atoms with Gasteiger partial charge in [0, 0.05) is 26.5 Å². The van der Waals surface area contributed by atoms with Crippen LogP contribution < -0.4 is 37.7 Å². The number of nitrogens with two attached hydrogens (primary N) is 2. The van der Waals surface area contributed by atoms with Crippen molar-refractivity contribution >= 4 is 41.5 Å². The quantitative estimate of drug-likeness (QED) is 0.0382. The average Bonchev–Trinajstić information content (AvgIpc) is 3.19. The maximum Gasteiger partial charge on any atom is 0.338 e. The van der Waals surface area contributed by atoms with Gasteiger partial charge in [-0.25, -0.2) is 4.79 Å². The van der Waals surface area contributed by atoms with Crippen molar-refractivity contribution in [2.24, 2.45) is 29.2 Å². The molecule has 1 aromatic rings. The van der Waals surface area contributed by atoms with E-state index in [9.17, 15) is 39.0 Å². The van der Waals surface area contributed by atoms with E-state index in [0.29, 0.717) is 6.42 Å². The molecule has 320 valence electrons. The number of aliphatic hydroxyl groups is 1. The Bertz CT molecular complexity index is 1690. The van der Waals surface area contributed by atoms with Gasteiger partial charge < -0.3 is 41.1 Å². The van der Waals surface area contributed by atoms with Crippen molar-refractivity contribution in [3.8, 4) is 0 Å². The number of hydrogen-bond acceptors (Lipinski definition) is 8. The monoisotopic (exact) mass is 811 g/mol. The first-order chi connectivity index (χ1) is 27.4. The molecule has 0 aliphatic carbocycles. The highest BCUT2D eigenvalue weighted by molar-refractivity contribution is 6.00. The van der Waals surface area contributed by atoms with Crippen molar-refractivity contribution < 1.29 is 48.7 Å². The van der Waals surface area contributed by atoms with E-state index < -0.39 is 78.1 Å². The first kappa shape index (κ1) is 48.6. The molecular weight excluding hydrogens is 748 g/mol. The first-order valence-corrected chi connectivity index (χ1v) is 19.5. The molecule has 1 heterocycles. The van der Waals surface area contributed by atoms with Gasteiger partial charge in [-0.3, -0.25) is 40.4 Å². The molecule has 17 heteroatoms. The summed E-state index contributed by atoms with van der Waals surface area (Å²) in [5, 5.41) is 30.8. The normalized spacial score (nSPS) is 25.4. The van der Waals surface area contributed by atoms with Crippen LogP contribution >= 0.6 is 0 Å². The largest absolute Gasteiger partial charge is 0.480 e. The lowest BCUT2D eigenvalue weighted by atomic mass is 9.94. The Hall–Kier alpha value is -5.55. The summed E-state index contributed by atoms with van der Waals surface area (Å²) in [6.45, 7) is 8.01. The standard InChI is InChI=1S/C41H62N8O9/c1-8-32-39(55)48-35(40(56)57)27(5)37(53)47-31(15-12-20-44-41(42)43)38(54)46-30(26(4)36(52)45-29(23-50)17-19-34(51)49(32)6)18-16-24(2)21-25(3)33(58-7)22-28-13-10-9-11-14-28/h8-11,13-14,16,18,21,25-27,29-31,33,35,50H,12,15,17,19-20,22-23H2,1-7H3,(H,45,52)(H,46,54)(H,47,53)(H,48,55)(H,56,57)(H4,42,43,44)/p+1/b18-16+,24-21+,32-8-/t25-,26+,27+,29-,30+,31+,33-,35-/m1/s1. The molecule has 1 aliphatic heterocycles. The molecule has 1 saturated heterocycles. The molecule has 1 aliphatic rings. The van der Waals surface area contributed by atoms with Gasteiger partial charge in [-0.15, -0.1) is 0 Å². The van der Waals surface area contributed by atoms with E-state index in [2.05, 4.69) is 26.3 Å². The number of amides is 5. The Morgan fingerprint density at radius 1 is 1.02 bits per heavy atom. The molecule has 0 aromatic heterocycles. The molecule has 1 fully saturated rings. The molecule has 0 unspecified atom stereocenters. The van der Waals surface area contributed by atoms with Crippen molar-refractivity contribution in [2.75, 3.05) is 27.3 Å². The average molecular weight is 812 g/mol. The molecule has 1 aromatic carbocycles. The molecule has 17 nitrogen and oxygen atoms in total. The maximum atomic E-state index is 14.1. The third kappa shape index (κ3) is 15.4. The second kappa shape index (κ2) is 24.3. The van der Waals surface area contributed by atoms with Crippen LogP contribution in [-0.2, 0) is 39.9 Å². The summed E-state index contributed by atoms with van der Waals surface area (Å²) in [4.78, 5) is 84.2. The van der Waals surface area contributed by atoms with Gasteiger partial charge in [0.25, 0.3) is 5.91 Å². The number of aliphatic carboxylic acids is 1. The summed E-state index contributed by atoms with van der Waals surface area (Å²) in [6, 6.07) is 5.16. The summed E-state index contributed by atoms with van der Waals surface area (Å²) >= 11 is 0. The highest BCUT2D eigenvalue weighted by Gasteiger charge is 2.36. The molecule has 0 radical (unpaired) electrons. The van der Waals surface area contributed by atoms with Crippen molar-refractivity contribution in [3.63, 3.8) is 0 Å². The molecule has 5 amide bonds. The number of nitrogens with one attached hydrogen (secondary N) is 5. The van der Waals surface area contributed by atoms with E-state index in [1.807, 2.05) is 50.3 Å². The second-order valence-corrected chi connectivity index (χ2v) is 14.6. The van der Waals surface area contributed by atoms with Crippen LogP contribution in [0.3, 0.4) is 0 Å². The number of nitrogens with zero attached hydrogens (tertiary/aromatic N) is 1. The number of carboxylic acids is 1. The number of methoxy groups -OCH3 is 1. The van der Waals surface area contributed by atoms with Crippen LogP contribution in [0, 0.1) is 17.8 Å².